The molecule has 1 rings (SSSR count). The monoisotopic (exact) mass is 250 g/mol. The number of aliphatic hydroxyl groups excluding tert-OH is 2. The molecule has 0 aliphatic heterocycles. The lowest BCUT2D eigenvalue weighted by molar-refractivity contribution is -0.111. The molecular formula is C15H22O3. The van der Waals surface area contributed by atoms with Crippen molar-refractivity contribution in [2.45, 2.75) is 45.1 Å². The van der Waals surface area contributed by atoms with E-state index >= 15 is 0 Å². The molecule has 1 unspecified atom stereocenters. The van der Waals surface area contributed by atoms with Gasteiger partial charge in [0.05, 0.1) is 6.10 Å². The zero-order valence-electron chi connectivity index (χ0n) is 10.9. The van der Waals surface area contributed by atoms with Crippen molar-refractivity contribution in [3.05, 3.63) is 35.5 Å². The Hall–Kier alpha value is -1.19. The summed E-state index contributed by atoms with van der Waals surface area (Å²) in [4.78, 5) is 11.6. The van der Waals surface area contributed by atoms with Gasteiger partial charge in [-0.2, -0.15) is 0 Å². The van der Waals surface area contributed by atoms with Crippen LogP contribution in [0.25, 0.3) is 0 Å². The highest BCUT2D eigenvalue weighted by Gasteiger charge is 2.17. The summed E-state index contributed by atoms with van der Waals surface area (Å²) in [6, 6.07) is 0. The maximum atomic E-state index is 11.6. The van der Waals surface area contributed by atoms with Crippen LogP contribution < -0.4 is 0 Å². The molecule has 0 heterocycles. The predicted octanol–water partition coefficient (Wildman–Crippen LogP) is 2.30. The Morgan fingerprint density at radius 3 is 2.83 bits per heavy atom. The van der Waals surface area contributed by atoms with Crippen LogP contribution in [0.15, 0.2) is 35.5 Å². The first-order valence-corrected chi connectivity index (χ1v) is 6.54. The second kappa shape index (κ2) is 8.01. The van der Waals surface area contributed by atoms with E-state index in [2.05, 4.69) is 6.92 Å². The SMILES string of the molecule is CC/C=C\CC(O)C/C=C1\CC(CCO)=CC1=O. The normalized spacial score (nSPS) is 19.8. The molecular weight excluding hydrogens is 228 g/mol. The van der Waals surface area contributed by atoms with Gasteiger partial charge in [-0.3, -0.25) is 4.79 Å². The summed E-state index contributed by atoms with van der Waals surface area (Å²) in [6.07, 6.45) is 10.3. The highest BCUT2D eigenvalue weighted by molar-refractivity contribution is 6.07. The van der Waals surface area contributed by atoms with Crippen LogP contribution in [0, 0.1) is 0 Å². The van der Waals surface area contributed by atoms with Gasteiger partial charge >= 0.3 is 0 Å². The summed E-state index contributed by atoms with van der Waals surface area (Å²) < 4.78 is 0. The number of ketones is 1. The smallest absolute Gasteiger partial charge is 0.181 e. The van der Waals surface area contributed by atoms with Crippen molar-refractivity contribution < 1.29 is 15.0 Å². The molecule has 3 heteroatoms. The molecule has 100 valence electrons. The number of aliphatic hydroxyl groups is 2. The Bertz CT molecular complexity index is 364. The van der Waals surface area contributed by atoms with Crippen LogP contribution in [-0.2, 0) is 4.79 Å². The van der Waals surface area contributed by atoms with Gasteiger partial charge in [0.2, 0.25) is 0 Å². The lowest BCUT2D eigenvalue weighted by atomic mass is 10.1. The van der Waals surface area contributed by atoms with E-state index in [1.54, 1.807) is 6.08 Å². The van der Waals surface area contributed by atoms with E-state index in [0.29, 0.717) is 25.7 Å². The largest absolute Gasteiger partial charge is 0.396 e. The minimum Gasteiger partial charge on any atom is -0.396 e. The summed E-state index contributed by atoms with van der Waals surface area (Å²) >= 11 is 0. The van der Waals surface area contributed by atoms with Crippen LogP contribution in [0.4, 0.5) is 0 Å². The quantitative estimate of drug-likeness (QED) is 0.538. The number of hydrogen-bond donors (Lipinski definition) is 2. The molecule has 0 saturated heterocycles. The number of allylic oxidation sites excluding steroid dienone is 3. The van der Waals surface area contributed by atoms with E-state index in [9.17, 15) is 9.90 Å². The number of hydrogen-bond acceptors (Lipinski definition) is 3. The van der Waals surface area contributed by atoms with Crippen molar-refractivity contribution in [1.29, 1.82) is 0 Å². The second-order valence-corrected chi connectivity index (χ2v) is 4.55. The first kappa shape index (κ1) is 14.9. The summed E-state index contributed by atoms with van der Waals surface area (Å²) in [5, 5.41) is 18.5. The molecule has 0 aromatic carbocycles. The predicted molar refractivity (Wildman–Crippen MR) is 72.2 cm³/mol. The first-order valence-electron chi connectivity index (χ1n) is 6.54. The van der Waals surface area contributed by atoms with Crippen molar-refractivity contribution in [3.63, 3.8) is 0 Å². The lowest BCUT2D eigenvalue weighted by Crippen LogP contribution is -2.04. The van der Waals surface area contributed by atoms with Gasteiger partial charge in [0.15, 0.2) is 5.78 Å². The Balaban J connectivity index is 2.40. The number of carbonyl (C=O) groups is 1. The van der Waals surface area contributed by atoms with Crippen LogP contribution in [0.1, 0.15) is 39.0 Å². The summed E-state index contributed by atoms with van der Waals surface area (Å²) in [5.74, 6) is 0.0229. The highest BCUT2D eigenvalue weighted by Crippen LogP contribution is 2.24. The Kier molecular flexibility index (Phi) is 6.61. The van der Waals surface area contributed by atoms with Gasteiger partial charge in [0.1, 0.15) is 0 Å². The standard InChI is InChI=1S/C15H22O3/c1-2-3-4-5-14(17)7-6-13-10-12(8-9-16)11-15(13)18/h3-4,6,11,14,16-17H,2,5,7-10H2,1H3/b4-3-,13-6+. The fourth-order valence-corrected chi connectivity index (χ4v) is 1.93. The fourth-order valence-electron chi connectivity index (χ4n) is 1.93. The molecule has 1 aliphatic rings. The van der Waals surface area contributed by atoms with Crippen LogP contribution in [0.5, 0.6) is 0 Å². The summed E-state index contributed by atoms with van der Waals surface area (Å²) in [6.45, 7) is 2.13. The van der Waals surface area contributed by atoms with Gasteiger partial charge < -0.3 is 10.2 Å². The maximum Gasteiger partial charge on any atom is 0.181 e. The van der Waals surface area contributed by atoms with E-state index in [1.807, 2.05) is 18.2 Å². The fraction of sp³-hybridized carbons (Fsp3) is 0.533. The molecule has 2 N–H and O–H groups in total. The zero-order valence-corrected chi connectivity index (χ0v) is 10.9. The Morgan fingerprint density at radius 1 is 1.39 bits per heavy atom. The molecule has 0 aromatic heterocycles. The highest BCUT2D eigenvalue weighted by atomic mass is 16.3. The van der Waals surface area contributed by atoms with Crippen molar-refractivity contribution >= 4 is 5.78 Å². The molecule has 1 aliphatic carbocycles. The van der Waals surface area contributed by atoms with Crippen molar-refractivity contribution in [1.82, 2.24) is 0 Å². The number of rotatable bonds is 7. The van der Waals surface area contributed by atoms with Crippen LogP contribution in [-0.4, -0.2) is 28.7 Å². The van der Waals surface area contributed by atoms with Gasteiger partial charge in [-0.25, -0.2) is 0 Å². The second-order valence-electron chi connectivity index (χ2n) is 4.55. The summed E-state index contributed by atoms with van der Waals surface area (Å²) in [7, 11) is 0. The Labute approximate surface area is 109 Å². The summed E-state index contributed by atoms with van der Waals surface area (Å²) in [5.41, 5.74) is 1.73. The first-order chi connectivity index (χ1) is 8.67. The molecule has 0 bridgehead atoms. The van der Waals surface area contributed by atoms with Crippen molar-refractivity contribution in [2.75, 3.05) is 6.61 Å². The minimum absolute atomic E-state index is 0.0229. The minimum atomic E-state index is -0.421. The molecule has 0 fully saturated rings. The molecule has 0 spiro atoms. The zero-order chi connectivity index (χ0) is 13.4. The van der Waals surface area contributed by atoms with E-state index < -0.39 is 6.10 Å². The van der Waals surface area contributed by atoms with Crippen molar-refractivity contribution in [3.8, 4) is 0 Å². The third-order valence-corrected chi connectivity index (χ3v) is 2.95. The van der Waals surface area contributed by atoms with Gasteiger partial charge in [-0.05, 0) is 43.8 Å². The number of carbonyl (C=O) groups excluding carboxylic acids is 1. The average molecular weight is 250 g/mol. The van der Waals surface area contributed by atoms with E-state index in [0.717, 1.165) is 17.6 Å². The van der Waals surface area contributed by atoms with Gasteiger partial charge in [0.25, 0.3) is 0 Å². The van der Waals surface area contributed by atoms with Gasteiger partial charge in [-0.15, -0.1) is 0 Å². The lowest BCUT2D eigenvalue weighted by Gasteiger charge is -2.05. The molecule has 18 heavy (non-hydrogen) atoms. The van der Waals surface area contributed by atoms with E-state index in [1.165, 1.54) is 0 Å². The molecule has 0 amide bonds. The van der Waals surface area contributed by atoms with Gasteiger partial charge in [0, 0.05) is 6.61 Å². The van der Waals surface area contributed by atoms with E-state index in [-0.39, 0.29) is 12.4 Å². The maximum absolute atomic E-state index is 11.6. The molecule has 0 aromatic rings. The van der Waals surface area contributed by atoms with Crippen LogP contribution in [0.2, 0.25) is 0 Å². The van der Waals surface area contributed by atoms with E-state index in [4.69, 9.17) is 5.11 Å². The van der Waals surface area contributed by atoms with Crippen LogP contribution in [0.3, 0.4) is 0 Å². The van der Waals surface area contributed by atoms with Crippen molar-refractivity contribution in [2.24, 2.45) is 0 Å². The molecule has 3 nitrogen and oxygen atoms in total. The third kappa shape index (κ3) is 4.98. The molecule has 0 saturated carbocycles. The molecule has 0 radical (unpaired) electrons. The van der Waals surface area contributed by atoms with Gasteiger partial charge in [-0.1, -0.05) is 30.7 Å². The van der Waals surface area contributed by atoms with Crippen LogP contribution >= 0.6 is 0 Å². The Morgan fingerprint density at radius 2 is 2.17 bits per heavy atom. The molecule has 1 atom stereocenters. The average Bonchev–Trinajstić information content (AvgIpc) is 2.68. The third-order valence-electron chi connectivity index (χ3n) is 2.95. The topological polar surface area (TPSA) is 57.5 Å².